The zero-order valence-electron chi connectivity index (χ0n) is 12.3. The lowest BCUT2D eigenvalue weighted by atomic mass is 10.3. The number of furan rings is 1. The molecule has 0 aromatic carbocycles. The quantitative estimate of drug-likeness (QED) is 0.747. The van der Waals surface area contributed by atoms with Crippen LogP contribution in [0.15, 0.2) is 22.8 Å². The smallest absolute Gasteiger partial charge is 0.271 e. The lowest BCUT2D eigenvalue weighted by molar-refractivity contribution is -0.120. The summed E-state index contributed by atoms with van der Waals surface area (Å²) in [5.41, 5.74) is 0.307. The molecule has 8 heteroatoms. The van der Waals surface area contributed by atoms with Crippen LogP contribution in [-0.4, -0.2) is 43.6 Å². The Morgan fingerprint density at radius 1 is 1.41 bits per heavy atom. The summed E-state index contributed by atoms with van der Waals surface area (Å²) in [5.74, 6) is -0.0394. The molecule has 0 saturated heterocycles. The third-order valence-corrected chi connectivity index (χ3v) is 3.77. The molecule has 0 saturated carbocycles. The molecule has 118 valence electrons. The molecule has 2 aromatic heterocycles. The van der Waals surface area contributed by atoms with Crippen LogP contribution in [0.2, 0.25) is 0 Å². The van der Waals surface area contributed by atoms with E-state index >= 15 is 0 Å². The molecule has 2 heterocycles. The first-order chi connectivity index (χ1) is 10.6. The van der Waals surface area contributed by atoms with E-state index < -0.39 is 0 Å². The lowest BCUT2D eigenvalue weighted by Gasteiger charge is -2.05. The largest absolute Gasteiger partial charge is 0.462 e. The summed E-state index contributed by atoms with van der Waals surface area (Å²) in [6.45, 7) is 2.54. The van der Waals surface area contributed by atoms with Crippen molar-refractivity contribution in [2.45, 2.75) is 6.92 Å². The number of carbonyl (C=O) groups excluding carboxylic acids is 2. The van der Waals surface area contributed by atoms with Gasteiger partial charge in [-0.05, 0) is 19.1 Å². The van der Waals surface area contributed by atoms with E-state index in [9.17, 15) is 9.59 Å². The number of amides is 2. The number of nitrogens with zero attached hydrogens (tertiary/aromatic N) is 1. The first-order valence-electron chi connectivity index (χ1n) is 6.67. The molecule has 0 radical (unpaired) electrons. The molecular weight excluding hydrogens is 306 g/mol. The molecule has 2 amide bonds. The molecule has 0 bridgehead atoms. The maximum Gasteiger partial charge on any atom is 0.271 e. The highest BCUT2D eigenvalue weighted by atomic mass is 32.1. The van der Waals surface area contributed by atoms with E-state index in [1.54, 1.807) is 32.4 Å². The highest BCUT2D eigenvalue weighted by molar-refractivity contribution is 7.15. The predicted octanol–water partition coefficient (Wildman–Crippen LogP) is 1.20. The Morgan fingerprint density at radius 3 is 2.91 bits per heavy atom. The van der Waals surface area contributed by atoms with Gasteiger partial charge in [0.25, 0.3) is 5.91 Å². The second-order valence-electron chi connectivity index (χ2n) is 4.43. The number of hydrogen-bond acceptors (Lipinski definition) is 6. The minimum Gasteiger partial charge on any atom is -0.462 e. The Balaban J connectivity index is 1.91. The van der Waals surface area contributed by atoms with Gasteiger partial charge < -0.3 is 19.8 Å². The standard InChI is InChI=1S/C14H17N3O4S/c1-9-12(17-14(22-9)10-4-3-6-21-10)13(19)16-8-11(18)15-5-7-20-2/h3-4,6H,5,7-8H2,1-2H3,(H,15,18)(H,16,19). The number of nitrogens with one attached hydrogen (secondary N) is 2. The number of hydrogen-bond donors (Lipinski definition) is 2. The van der Waals surface area contributed by atoms with Gasteiger partial charge in [0.1, 0.15) is 5.69 Å². The summed E-state index contributed by atoms with van der Waals surface area (Å²) >= 11 is 1.37. The number of rotatable bonds is 7. The molecular formula is C14H17N3O4S. The van der Waals surface area contributed by atoms with Crippen molar-refractivity contribution in [1.29, 1.82) is 0 Å². The Labute approximate surface area is 131 Å². The van der Waals surface area contributed by atoms with Crippen LogP contribution < -0.4 is 10.6 Å². The van der Waals surface area contributed by atoms with E-state index in [-0.39, 0.29) is 18.4 Å². The van der Waals surface area contributed by atoms with Crippen LogP contribution in [0.5, 0.6) is 0 Å². The molecule has 0 aliphatic carbocycles. The van der Waals surface area contributed by atoms with Crippen LogP contribution in [-0.2, 0) is 9.53 Å². The van der Waals surface area contributed by atoms with Gasteiger partial charge in [-0.2, -0.15) is 0 Å². The van der Waals surface area contributed by atoms with E-state index in [1.807, 2.05) is 0 Å². The van der Waals surface area contributed by atoms with Crippen LogP contribution >= 0.6 is 11.3 Å². The maximum atomic E-state index is 12.1. The molecule has 0 unspecified atom stereocenters. The van der Waals surface area contributed by atoms with Crippen molar-refractivity contribution < 1.29 is 18.7 Å². The zero-order chi connectivity index (χ0) is 15.9. The molecule has 2 N–H and O–H groups in total. The second-order valence-corrected chi connectivity index (χ2v) is 5.63. The molecule has 0 aliphatic rings. The van der Waals surface area contributed by atoms with E-state index in [0.29, 0.717) is 29.6 Å². The van der Waals surface area contributed by atoms with Crippen LogP contribution in [0.4, 0.5) is 0 Å². The van der Waals surface area contributed by atoms with Crippen molar-refractivity contribution in [3.63, 3.8) is 0 Å². The Bertz CT molecular complexity index is 637. The first-order valence-corrected chi connectivity index (χ1v) is 7.48. The molecule has 0 aliphatic heterocycles. The fourth-order valence-electron chi connectivity index (χ4n) is 1.71. The van der Waals surface area contributed by atoms with Crippen molar-refractivity contribution in [3.8, 4) is 10.8 Å². The highest BCUT2D eigenvalue weighted by Gasteiger charge is 2.17. The summed E-state index contributed by atoms with van der Waals surface area (Å²) in [6, 6.07) is 3.54. The van der Waals surface area contributed by atoms with Crippen molar-refractivity contribution in [2.24, 2.45) is 0 Å². The zero-order valence-corrected chi connectivity index (χ0v) is 13.2. The number of ether oxygens (including phenoxy) is 1. The Hall–Kier alpha value is -2.19. The van der Waals surface area contributed by atoms with Crippen LogP contribution in [0.25, 0.3) is 10.8 Å². The maximum absolute atomic E-state index is 12.1. The molecule has 0 fully saturated rings. The van der Waals surface area contributed by atoms with E-state index in [0.717, 1.165) is 4.88 Å². The average Bonchev–Trinajstić information content (AvgIpc) is 3.14. The topological polar surface area (TPSA) is 93.5 Å². The fourth-order valence-corrected chi connectivity index (χ4v) is 2.59. The number of carbonyl (C=O) groups is 2. The highest BCUT2D eigenvalue weighted by Crippen LogP contribution is 2.27. The molecule has 2 aromatic rings. The number of methoxy groups -OCH3 is 1. The van der Waals surface area contributed by atoms with Gasteiger partial charge in [0.2, 0.25) is 5.91 Å². The summed E-state index contributed by atoms with van der Waals surface area (Å²) in [6.07, 6.45) is 1.55. The molecule has 0 atom stereocenters. The Morgan fingerprint density at radius 2 is 2.23 bits per heavy atom. The number of thiazole rings is 1. The van der Waals surface area contributed by atoms with Gasteiger partial charge in [0.05, 0.1) is 19.4 Å². The van der Waals surface area contributed by atoms with Gasteiger partial charge in [0, 0.05) is 18.5 Å². The second kappa shape index (κ2) is 7.71. The summed E-state index contributed by atoms with van der Waals surface area (Å²) in [5, 5.41) is 5.80. The van der Waals surface area contributed by atoms with Gasteiger partial charge in [-0.25, -0.2) is 4.98 Å². The van der Waals surface area contributed by atoms with Gasteiger partial charge in [0.15, 0.2) is 10.8 Å². The minimum absolute atomic E-state index is 0.102. The van der Waals surface area contributed by atoms with Gasteiger partial charge in [-0.3, -0.25) is 9.59 Å². The summed E-state index contributed by atoms with van der Waals surface area (Å²) in [7, 11) is 1.55. The van der Waals surface area contributed by atoms with E-state index in [2.05, 4.69) is 15.6 Å². The molecule has 22 heavy (non-hydrogen) atoms. The molecule has 0 spiro atoms. The van der Waals surface area contributed by atoms with Crippen molar-refractivity contribution in [2.75, 3.05) is 26.8 Å². The number of aromatic nitrogens is 1. The molecule has 2 rings (SSSR count). The first kappa shape index (κ1) is 16.2. The van der Waals surface area contributed by atoms with Crippen molar-refractivity contribution >= 4 is 23.2 Å². The van der Waals surface area contributed by atoms with Crippen LogP contribution in [0.1, 0.15) is 15.4 Å². The minimum atomic E-state index is -0.381. The molecule has 7 nitrogen and oxygen atoms in total. The van der Waals surface area contributed by atoms with E-state index in [1.165, 1.54) is 11.3 Å². The Kier molecular flexibility index (Phi) is 5.68. The predicted molar refractivity (Wildman–Crippen MR) is 81.8 cm³/mol. The van der Waals surface area contributed by atoms with Crippen molar-refractivity contribution in [1.82, 2.24) is 15.6 Å². The summed E-state index contributed by atoms with van der Waals surface area (Å²) < 4.78 is 10.1. The van der Waals surface area contributed by atoms with Crippen LogP contribution in [0, 0.1) is 6.92 Å². The van der Waals surface area contributed by atoms with Gasteiger partial charge in [-0.1, -0.05) is 0 Å². The normalized spacial score (nSPS) is 10.5. The monoisotopic (exact) mass is 323 g/mol. The lowest BCUT2D eigenvalue weighted by Crippen LogP contribution is -2.38. The van der Waals surface area contributed by atoms with Crippen LogP contribution in [0.3, 0.4) is 0 Å². The average molecular weight is 323 g/mol. The third kappa shape index (κ3) is 4.15. The SMILES string of the molecule is COCCNC(=O)CNC(=O)c1nc(-c2ccco2)sc1C. The van der Waals surface area contributed by atoms with Crippen molar-refractivity contribution in [3.05, 3.63) is 29.0 Å². The van der Waals surface area contributed by atoms with Gasteiger partial charge >= 0.3 is 0 Å². The van der Waals surface area contributed by atoms with E-state index in [4.69, 9.17) is 9.15 Å². The summed E-state index contributed by atoms with van der Waals surface area (Å²) in [4.78, 5) is 28.6. The number of aryl methyl sites for hydroxylation is 1. The third-order valence-electron chi connectivity index (χ3n) is 2.78. The van der Waals surface area contributed by atoms with Gasteiger partial charge in [-0.15, -0.1) is 11.3 Å². The fraction of sp³-hybridized carbons (Fsp3) is 0.357.